The molecule has 1 heterocycles. The van der Waals surface area contributed by atoms with E-state index in [0.29, 0.717) is 5.88 Å². The summed E-state index contributed by atoms with van der Waals surface area (Å²) in [5.74, 6) is 0.843. The fourth-order valence-corrected chi connectivity index (χ4v) is 2.55. The van der Waals surface area contributed by atoms with E-state index < -0.39 is 0 Å². The fourth-order valence-electron chi connectivity index (χ4n) is 2.34. The Bertz CT molecular complexity index is 462. The first-order valence-electron chi connectivity index (χ1n) is 6.43. The van der Waals surface area contributed by atoms with Crippen molar-refractivity contribution in [3.05, 3.63) is 29.3 Å². The molecule has 1 aromatic carbocycles. The van der Waals surface area contributed by atoms with Gasteiger partial charge in [-0.2, -0.15) is 0 Å². The summed E-state index contributed by atoms with van der Waals surface area (Å²) < 4.78 is 0. The predicted octanol–water partition coefficient (Wildman–Crippen LogP) is 3.40. The van der Waals surface area contributed by atoms with Crippen molar-refractivity contribution in [1.82, 2.24) is 0 Å². The average molecular weight is 266 g/mol. The zero-order valence-corrected chi connectivity index (χ0v) is 12.0. The molecule has 0 radical (unpaired) electrons. The van der Waals surface area contributed by atoms with Gasteiger partial charge in [0.25, 0.3) is 0 Å². The van der Waals surface area contributed by atoms with Crippen LogP contribution in [-0.2, 0) is 17.6 Å². The number of rotatable bonds is 2. The molecule has 1 aliphatic rings. The number of carbonyl (C=O) groups excluding carboxylic acids is 1. The van der Waals surface area contributed by atoms with E-state index in [1.165, 1.54) is 11.1 Å². The van der Waals surface area contributed by atoms with E-state index in [1.54, 1.807) is 0 Å². The maximum absolute atomic E-state index is 12.3. The molecule has 0 aromatic heterocycles. The largest absolute Gasteiger partial charge is 0.311 e. The second kappa shape index (κ2) is 4.93. The Kier molecular flexibility index (Phi) is 3.67. The minimum absolute atomic E-state index is 0.200. The Balaban J connectivity index is 2.27. The summed E-state index contributed by atoms with van der Waals surface area (Å²) in [6, 6.07) is 6.33. The third-order valence-electron chi connectivity index (χ3n) is 3.31. The monoisotopic (exact) mass is 265 g/mol. The van der Waals surface area contributed by atoms with E-state index in [0.717, 1.165) is 25.1 Å². The highest BCUT2D eigenvalue weighted by molar-refractivity contribution is 6.18. The van der Waals surface area contributed by atoms with Gasteiger partial charge in [0, 0.05) is 23.5 Å². The number of halogens is 1. The molecule has 1 aromatic rings. The lowest BCUT2D eigenvalue weighted by atomic mass is 9.94. The van der Waals surface area contributed by atoms with Gasteiger partial charge in [-0.15, -0.1) is 11.6 Å². The standard InChI is InChI=1S/C15H20ClNO/c1-15(2,3)14(18)17-9-7-12-10-11(6-8-16)4-5-13(12)17/h4-5,10H,6-9H2,1-3H3. The van der Waals surface area contributed by atoms with Crippen LogP contribution < -0.4 is 4.90 Å². The van der Waals surface area contributed by atoms with Crippen LogP contribution in [0.3, 0.4) is 0 Å². The van der Waals surface area contributed by atoms with E-state index >= 15 is 0 Å². The second-order valence-corrected chi connectivity index (χ2v) is 6.24. The number of hydrogen-bond acceptors (Lipinski definition) is 1. The smallest absolute Gasteiger partial charge is 0.232 e. The maximum Gasteiger partial charge on any atom is 0.232 e. The number of alkyl halides is 1. The molecule has 2 nitrogen and oxygen atoms in total. The van der Waals surface area contributed by atoms with Gasteiger partial charge in [-0.25, -0.2) is 0 Å². The minimum atomic E-state index is -0.323. The number of benzene rings is 1. The molecule has 0 spiro atoms. The van der Waals surface area contributed by atoms with Gasteiger partial charge in [0.05, 0.1) is 0 Å². The van der Waals surface area contributed by atoms with Crippen LogP contribution in [0.2, 0.25) is 0 Å². The molecule has 1 aliphatic heterocycles. The van der Waals surface area contributed by atoms with Crippen LogP contribution in [0.1, 0.15) is 31.9 Å². The van der Waals surface area contributed by atoms with Crippen molar-refractivity contribution in [3.63, 3.8) is 0 Å². The summed E-state index contributed by atoms with van der Waals surface area (Å²) >= 11 is 5.76. The van der Waals surface area contributed by atoms with Crippen molar-refractivity contribution in [2.75, 3.05) is 17.3 Å². The highest BCUT2D eigenvalue weighted by Crippen LogP contribution is 2.32. The minimum Gasteiger partial charge on any atom is -0.311 e. The van der Waals surface area contributed by atoms with Crippen LogP contribution >= 0.6 is 11.6 Å². The molecule has 0 N–H and O–H groups in total. The number of hydrogen-bond donors (Lipinski definition) is 0. The van der Waals surface area contributed by atoms with Crippen molar-refractivity contribution in [3.8, 4) is 0 Å². The lowest BCUT2D eigenvalue weighted by Gasteiger charge is -2.26. The normalized spacial score (nSPS) is 14.8. The number of fused-ring (bicyclic) bond motifs is 1. The SMILES string of the molecule is CC(C)(C)C(=O)N1CCc2cc(CCCl)ccc21. The summed E-state index contributed by atoms with van der Waals surface area (Å²) in [7, 11) is 0. The van der Waals surface area contributed by atoms with Crippen LogP contribution in [-0.4, -0.2) is 18.3 Å². The Morgan fingerprint density at radius 1 is 1.39 bits per heavy atom. The topological polar surface area (TPSA) is 20.3 Å². The molecule has 0 saturated carbocycles. The molecular formula is C15H20ClNO. The summed E-state index contributed by atoms with van der Waals surface area (Å²) in [5, 5.41) is 0. The molecule has 0 atom stereocenters. The number of nitrogens with zero attached hydrogens (tertiary/aromatic N) is 1. The van der Waals surface area contributed by atoms with E-state index in [4.69, 9.17) is 11.6 Å². The second-order valence-electron chi connectivity index (χ2n) is 5.86. The Labute approximate surface area is 114 Å². The maximum atomic E-state index is 12.3. The molecule has 0 aliphatic carbocycles. The Morgan fingerprint density at radius 3 is 2.72 bits per heavy atom. The first-order chi connectivity index (χ1) is 8.43. The first-order valence-corrected chi connectivity index (χ1v) is 6.96. The predicted molar refractivity (Wildman–Crippen MR) is 76.4 cm³/mol. The van der Waals surface area contributed by atoms with Crippen molar-refractivity contribution in [2.45, 2.75) is 33.6 Å². The number of amides is 1. The molecule has 0 fully saturated rings. The van der Waals surface area contributed by atoms with Crippen molar-refractivity contribution in [1.29, 1.82) is 0 Å². The van der Waals surface area contributed by atoms with Crippen molar-refractivity contribution < 1.29 is 4.79 Å². The van der Waals surface area contributed by atoms with Crippen LogP contribution in [0.5, 0.6) is 0 Å². The van der Waals surface area contributed by atoms with Crippen molar-refractivity contribution in [2.24, 2.45) is 5.41 Å². The number of anilines is 1. The van der Waals surface area contributed by atoms with Gasteiger partial charge in [-0.05, 0) is 30.0 Å². The summed E-state index contributed by atoms with van der Waals surface area (Å²) in [6.07, 6.45) is 1.84. The van der Waals surface area contributed by atoms with Gasteiger partial charge in [0.2, 0.25) is 5.91 Å². The van der Waals surface area contributed by atoms with Gasteiger partial charge in [-0.3, -0.25) is 4.79 Å². The third kappa shape index (κ3) is 2.54. The molecule has 0 saturated heterocycles. The fraction of sp³-hybridized carbons (Fsp3) is 0.533. The molecule has 98 valence electrons. The van der Waals surface area contributed by atoms with Gasteiger partial charge in [0.1, 0.15) is 0 Å². The highest BCUT2D eigenvalue weighted by Gasteiger charge is 2.32. The van der Waals surface area contributed by atoms with Gasteiger partial charge in [0.15, 0.2) is 0 Å². The average Bonchev–Trinajstić information content (AvgIpc) is 2.70. The third-order valence-corrected chi connectivity index (χ3v) is 3.50. The number of aryl methyl sites for hydroxylation is 1. The first kappa shape index (κ1) is 13.4. The molecule has 18 heavy (non-hydrogen) atoms. The number of carbonyl (C=O) groups is 1. The van der Waals surface area contributed by atoms with E-state index in [9.17, 15) is 4.79 Å². The zero-order valence-electron chi connectivity index (χ0n) is 11.3. The summed E-state index contributed by atoms with van der Waals surface area (Å²) in [6.45, 7) is 6.70. The van der Waals surface area contributed by atoms with Gasteiger partial charge < -0.3 is 4.90 Å². The molecule has 1 amide bonds. The Hall–Kier alpha value is -1.02. The van der Waals surface area contributed by atoms with Gasteiger partial charge >= 0.3 is 0 Å². The molecule has 2 rings (SSSR count). The van der Waals surface area contributed by atoms with Crippen LogP contribution in [0.25, 0.3) is 0 Å². The highest BCUT2D eigenvalue weighted by atomic mass is 35.5. The van der Waals surface area contributed by atoms with Crippen LogP contribution in [0.4, 0.5) is 5.69 Å². The van der Waals surface area contributed by atoms with E-state index in [1.807, 2.05) is 25.7 Å². The quantitative estimate of drug-likeness (QED) is 0.751. The van der Waals surface area contributed by atoms with Gasteiger partial charge in [-0.1, -0.05) is 32.9 Å². The lowest BCUT2D eigenvalue weighted by molar-refractivity contribution is -0.125. The van der Waals surface area contributed by atoms with E-state index in [2.05, 4.69) is 18.2 Å². The van der Waals surface area contributed by atoms with Crippen molar-refractivity contribution >= 4 is 23.2 Å². The molecular weight excluding hydrogens is 246 g/mol. The van der Waals surface area contributed by atoms with Crippen LogP contribution in [0.15, 0.2) is 18.2 Å². The molecule has 0 bridgehead atoms. The molecule has 3 heteroatoms. The molecule has 0 unspecified atom stereocenters. The summed E-state index contributed by atoms with van der Waals surface area (Å²) in [4.78, 5) is 14.3. The lowest BCUT2D eigenvalue weighted by Crippen LogP contribution is -2.38. The summed E-state index contributed by atoms with van der Waals surface area (Å²) in [5.41, 5.74) is 3.29. The van der Waals surface area contributed by atoms with E-state index in [-0.39, 0.29) is 11.3 Å². The Morgan fingerprint density at radius 2 is 2.11 bits per heavy atom. The van der Waals surface area contributed by atoms with Crippen LogP contribution in [0, 0.1) is 5.41 Å². The zero-order chi connectivity index (χ0) is 13.3.